The highest BCUT2D eigenvalue weighted by Gasteiger charge is 2.28. The van der Waals surface area contributed by atoms with E-state index in [-0.39, 0.29) is 17.6 Å². The third-order valence-corrected chi connectivity index (χ3v) is 6.11. The summed E-state index contributed by atoms with van der Waals surface area (Å²) in [6.07, 6.45) is 2.67. The molecule has 0 unspecified atom stereocenters. The van der Waals surface area contributed by atoms with Crippen LogP contribution in [0.5, 0.6) is 0 Å². The van der Waals surface area contributed by atoms with Crippen LogP contribution >= 0.6 is 11.3 Å². The predicted molar refractivity (Wildman–Crippen MR) is 108 cm³/mol. The number of benzene rings is 1. The van der Waals surface area contributed by atoms with Crippen LogP contribution in [-0.4, -0.2) is 33.9 Å². The molecule has 0 bridgehead atoms. The minimum Gasteiger partial charge on any atom is -0.337 e. The van der Waals surface area contributed by atoms with Gasteiger partial charge in [-0.2, -0.15) is 0 Å². The van der Waals surface area contributed by atoms with Gasteiger partial charge in [-0.15, -0.1) is 11.3 Å². The molecule has 144 valence electrons. The van der Waals surface area contributed by atoms with Gasteiger partial charge in [0.2, 0.25) is 0 Å². The van der Waals surface area contributed by atoms with Crippen molar-refractivity contribution in [3.8, 4) is 0 Å². The number of piperidine rings is 1. The number of nitrogens with zero attached hydrogens (tertiary/aromatic N) is 3. The summed E-state index contributed by atoms with van der Waals surface area (Å²) in [6.45, 7) is 3.34. The summed E-state index contributed by atoms with van der Waals surface area (Å²) in [5, 5.41) is 0. The van der Waals surface area contributed by atoms with E-state index in [1.165, 1.54) is 23.5 Å². The molecule has 1 aliphatic rings. The summed E-state index contributed by atoms with van der Waals surface area (Å²) < 4.78 is 13.1. The molecule has 1 aromatic carbocycles. The van der Waals surface area contributed by atoms with Gasteiger partial charge in [-0.25, -0.2) is 9.37 Å². The molecule has 0 N–H and O–H groups in total. The number of carbonyl (C=O) groups is 1. The van der Waals surface area contributed by atoms with E-state index in [0.717, 1.165) is 46.9 Å². The van der Waals surface area contributed by atoms with E-state index in [1.807, 2.05) is 30.0 Å². The van der Waals surface area contributed by atoms with E-state index in [2.05, 4.69) is 4.98 Å². The molecular formula is C22H22FN3OS. The number of halogens is 1. The zero-order valence-electron chi connectivity index (χ0n) is 15.8. The average molecular weight is 396 g/mol. The van der Waals surface area contributed by atoms with Gasteiger partial charge in [0.25, 0.3) is 5.91 Å². The Morgan fingerprint density at radius 2 is 2.07 bits per heavy atom. The molecule has 0 spiro atoms. The first-order chi connectivity index (χ1) is 13.6. The van der Waals surface area contributed by atoms with Gasteiger partial charge in [0.05, 0.1) is 11.2 Å². The van der Waals surface area contributed by atoms with Crippen LogP contribution in [0.1, 0.15) is 51.1 Å². The third-order valence-electron chi connectivity index (χ3n) is 5.19. The molecule has 0 saturated carbocycles. The Balaban J connectivity index is 1.48. The van der Waals surface area contributed by atoms with Crippen molar-refractivity contribution >= 4 is 17.2 Å². The fraction of sp³-hybridized carbons (Fsp3) is 0.318. The summed E-state index contributed by atoms with van der Waals surface area (Å²) in [5.41, 5.74) is 5.55. The highest BCUT2D eigenvalue weighted by molar-refractivity contribution is 7.11. The zero-order valence-corrected chi connectivity index (χ0v) is 16.6. The lowest BCUT2D eigenvalue weighted by atomic mass is 9.93. The summed E-state index contributed by atoms with van der Waals surface area (Å²) >= 11 is 1.41. The number of hydrogen-bond acceptors (Lipinski definition) is 4. The number of rotatable bonds is 4. The molecule has 3 aromatic rings. The standard InChI is InChI=1S/C22H22FN3OS/c1-15-21(28-14-24-15)22(27)26-11-3-4-17(13-26)20-6-2-5-19(25-20)12-16-7-9-18(23)10-8-16/h2,5-10,14,17H,3-4,11-13H2,1H3/t17-/m1/s1. The van der Waals surface area contributed by atoms with Gasteiger partial charge in [-0.05, 0) is 49.6 Å². The maximum Gasteiger partial charge on any atom is 0.265 e. The molecule has 0 radical (unpaired) electrons. The lowest BCUT2D eigenvalue weighted by molar-refractivity contribution is 0.0710. The number of pyridine rings is 1. The highest BCUT2D eigenvalue weighted by atomic mass is 32.1. The first-order valence-corrected chi connectivity index (χ1v) is 10.4. The number of amides is 1. The molecular weight excluding hydrogens is 373 g/mol. The van der Waals surface area contributed by atoms with Crippen molar-refractivity contribution < 1.29 is 9.18 Å². The van der Waals surface area contributed by atoms with Crippen molar-refractivity contribution in [3.63, 3.8) is 0 Å². The quantitative estimate of drug-likeness (QED) is 0.649. The average Bonchev–Trinajstić information content (AvgIpc) is 3.15. The molecule has 1 atom stereocenters. The highest BCUT2D eigenvalue weighted by Crippen LogP contribution is 2.28. The maximum atomic E-state index is 13.1. The molecule has 6 heteroatoms. The SMILES string of the molecule is Cc1ncsc1C(=O)N1CCC[C@@H](c2cccc(Cc3ccc(F)cc3)n2)C1. The van der Waals surface area contributed by atoms with Crippen molar-refractivity contribution in [1.82, 2.24) is 14.9 Å². The second-order valence-electron chi connectivity index (χ2n) is 7.21. The molecule has 1 saturated heterocycles. The molecule has 28 heavy (non-hydrogen) atoms. The van der Waals surface area contributed by atoms with Crippen LogP contribution in [0.4, 0.5) is 4.39 Å². The Labute approximate surface area is 168 Å². The Bertz CT molecular complexity index is 970. The van der Waals surface area contributed by atoms with Crippen molar-refractivity contribution in [2.24, 2.45) is 0 Å². The number of hydrogen-bond donors (Lipinski definition) is 0. The van der Waals surface area contributed by atoms with E-state index >= 15 is 0 Å². The molecule has 3 heterocycles. The summed E-state index contributed by atoms with van der Waals surface area (Å²) in [6, 6.07) is 12.6. The number of likely N-dealkylation sites (tertiary alicyclic amines) is 1. The topological polar surface area (TPSA) is 46.1 Å². The van der Waals surface area contributed by atoms with Crippen LogP contribution in [0.15, 0.2) is 48.0 Å². The molecule has 2 aromatic heterocycles. The Morgan fingerprint density at radius 3 is 2.82 bits per heavy atom. The molecule has 1 aliphatic heterocycles. The summed E-state index contributed by atoms with van der Waals surface area (Å²) in [7, 11) is 0. The fourth-order valence-corrected chi connectivity index (χ4v) is 4.46. The van der Waals surface area contributed by atoms with E-state index in [1.54, 1.807) is 17.6 Å². The van der Waals surface area contributed by atoms with Gasteiger partial charge in [-0.1, -0.05) is 18.2 Å². The van der Waals surface area contributed by atoms with Gasteiger partial charge in [0.1, 0.15) is 10.7 Å². The molecule has 1 amide bonds. The van der Waals surface area contributed by atoms with Gasteiger partial charge < -0.3 is 4.90 Å². The van der Waals surface area contributed by atoms with Gasteiger partial charge in [-0.3, -0.25) is 9.78 Å². The number of aromatic nitrogens is 2. The van der Waals surface area contributed by atoms with Crippen molar-refractivity contribution in [3.05, 3.63) is 81.3 Å². The molecule has 4 nitrogen and oxygen atoms in total. The van der Waals surface area contributed by atoms with Crippen molar-refractivity contribution in [1.29, 1.82) is 0 Å². The van der Waals surface area contributed by atoms with E-state index in [0.29, 0.717) is 13.0 Å². The van der Waals surface area contributed by atoms with E-state index in [9.17, 15) is 9.18 Å². The number of thiazole rings is 1. The monoisotopic (exact) mass is 395 g/mol. The lowest BCUT2D eigenvalue weighted by Crippen LogP contribution is -2.39. The van der Waals surface area contributed by atoms with Crippen molar-refractivity contribution in [2.45, 2.75) is 32.1 Å². The van der Waals surface area contributed by atoms with Crippen LogP contribution in [0, 0.1) is 12.7 Å². The lowest BCUT2D eigenvalue weighted by Gasteiger charge is -2.32. The Morgan fingerprint density at radius 1 is 1.25 bits per heavy atom. The fourth-order valence-electron chi connectivity index (χ4n) is 3.69. The van der Waals surface area contributed by atoms with Gasteiger partial charge in [0, 0.05) is 36.8 Å². The van der Waals surface area contributed by atoms with E-state index in [4.69, 9.17) is 4.98 Å². The summed E-state index contributed by atoms with van der Waals surface area (Å²) in [5.74, 6) is 0.0832. The zero-order chi connectivity index (χ0) is 19.5. The van der Waals surface area contributed by atoms with Crippen LogP contribution in [-0.2, 0) is 6.42 Å². The summed E-state index contributed by atoms with van der Waals surface area (Å²) in [4.78, 5) is 24.6. The van der Waals surface area contributed by atoms with Gasteiger partial charge in [0.15, 0.2) is 0 Å². The van der Waals surface area contributed by atoms with Crippen LogP contribution in [0.2, 0.25) is 0 Å². The molecule has 4 rings (SSSR count). The second-order valence-corrected chi connectivity index (χ2v) is 8.07. The van der Waals surface area contributed by atoms with Crippen LogP contribution in [0.25, 0.3) is 0 Å². The first kappa shape index (κ1) is 18.7. The minimum absolute atomic E-state index is 0.0761. The van der Waals surface area contributed by atoms with Crippen LogP contribution < -0.4 is 0 Å². The largest absolute Gasteiger partial charge is 0.337 e. The smallest absolute Gasteiger partial charge is 0.265 e. The molecule has 0 aliphatic carbocycles. The normalized spacial score (nSPS) is 16.9. The third kappa shape index (κ3) is 4.12. The number of aryl methyl sites for hydroxylation is 1. The van der Waals surface area contributed by atoms with E-state index < -0.39 is 0 Å². The maximum absolute atomic E-state index is 13.1. The van der Waals surface area contributed by atoms with Gasteiger partial charge >= 0.3 is 0 Å². The van der Waals surface area contributed by atoms with Crippen LogP contribution in [0.3, 0.4) is 0 Å². The number of carbonyl (C=O) groups excluding carboxylic acids is 1. The second kappa shape index (κ2) is 8.19. The first-order valence-electron chi connectivity index (χ1n) is 9.50. The van der Waals surface area contributed by atoms with Crippen molar-refractivity contribution in [2.75, 3.05) is 13.1 Å². The molecule has 1 fully saturated rings. The minimum atomic E-state index is -0.228. The Kier molecular flexibility index (Phi) is 5.48. The Hall–Kier alpha value is -2.60. The predicted octanol–water partition coefficient (Wildman–Crippen LogP) is 4.60.